The minimum atomic E-state index is -0.579. The Kier molecular flexibility index (Phi) is 11.5. The second-order valence-corrected chi connectivity index (χ2v) is 36.0. The van der Waals surface area contributed by atoms with Gasteiger partial charge in [0.1, 0.15) is 0 Å². The molecular formula is C69H88BIN2OSi. The van der Waals surface area contributed by atoms with Gasteiger partial charge in [-0.3, -0.25) is 0 Å². The summed E-state index contributed by atoms with van der Waals surface area (Å²) in [6, 6.07) is 23.7. The van der Waals surface area contributed by atoms with Crippen LogP contribution in [0.15, 0.2) is 82.4 Å². The van der Waals surface area contributed by atoms with Gasteiger partial charge in [0.15, 0.2) is 0 Å². The average Bonchev–Trinajstić information content (AvgIpc) is 3.69. The monoisotopic (exact) mass is 1130 g/mol. The van der Waals surface area contributed by atoms with Gasteiger partial charge < -0.3 is 0 Å². The van der Waals surface area contributed by atoms with Crippen LogP contribution in [0.4, 0.5) is 34.3 Å². The third-order valence-electron chi connectivity index (χ3n) is 20.9. The van der Waals surface area contributed by atoms with E-state index in [-0.39, 0.29) is 71.2 Å². The van der Waals surface area contributed by atoms with E-state index in [0.29, 0.717) is 3.92 Å². The van der Waals surface area contributed by atoms with E-state index in [2.05, 4.69) is 213 Å². The Balaban J connectivity index is 1.23. The first kappa shape index (κ1) is 52.0. The van der Waals surface area contributed by atoms with Gasteiger partial charge >= 0.3 is 423 Å². The molecule has 0 N–H and O–H groups in total. The van der Waals surface area contributed by atoms with Gasteiger partial charge in [-0.2, -0.15) is 0 Å². The summed E-state index contributed by atoms with van der Waals surface area (Å²) in [6.07, 6.45) is 17.2. The van der Waals surface area contributed by atoms with Crippen LogP contribution in [0.3, 0.4) is 0 Å². The molecule has 75 heavy (non-hydrogen) atoms. The number of hydrogen-bond acceptors (Lipinski definition) is 3. The molecule has 6 heteroatoms. The predicted octanol–water partition coefficient (Wildman–Crippen LogP) is 14.0. The van der Waals surface area contributed by atoms with Crippen molar-refractivity contribution in [3.05, 3.63) is 134 Å². The third kappa shape index (κ3) is 7.84. The zero-order chi connectivity index (χ0) is 53.7. The summed E-state index contributed by atoms with van der Waals surface area (Å²) in [7, 11) is -0.579. The molecule has 0 saturated heterocycles. The molecule has 0 saturated carbocycles. The summed E-state index contributed by atoms with van der Waals surface area (Å²) in [6.45, 7) is 47.4. The predicted molar refractivity (Wildman–Crippen MR) is 321 cm³/mol. The number of furan rings is 1. The van der Waals surface area contributed by atoms with E-state index < -0.39 is 8.80 Å². The average molecular weight is 1130 g/mol. The molecule has 12 rings (SSSR count). The number of benzene rings is 4. The quantitative estimate of drug-likeness (QED) is 0.0995. The molecule has 1 atom stereocenters. The van der Waals surface area contributed by atoms with Gasteiger partial charge in [-0.25, -0.2) is 0 Å². The van der Waals surface area contributed by atoms with Crippen molar-refractivity contribution in [3.63, 3.8) is 0 Å². The molecule has 4 aromatic carbocycles. The Morgan fingerprint density at radius 3 is 1.60 bits per heavy atom. The van der Waals surface area contributed by atoms with Crippen LogP contribution in [0.25, 0.3) is 0 Å². The SMILES string of the molecule is Cc1cc2c3c(c1)N(c1ccc4c(c1)C(C)(C)CCC4(C)C)c1oc4c(c1B3c1cc3c(cc1N2c1cc2c(cc1C1C=CC([Si+](C)C)=CC[I-]1)C(C)(C)CCC2(C)C)C(C)(C)CCC3(C)C)C(C)(C)CCC4(C)C. The first-order valence-electron chi connectivity index (χ1n) is 29.1. The first-order chi connectivity index (χ1) is 34.9. The topological polar surface area (TPSA) is 19.6 Å². The summed E-state index contributed by atoms with van der Waals surface area (Å²) < 4.78 is 9.44. The number of aryl methyl sites for hydroxylation is 1. The van der Waals surface area contributed by atoms with Gasteiger partial charge in [-0.05, 0) is 18.3 Å². The third-order valence-corrected chi connectivity index (χ3v) is 25.4. The van der Waals surface area contributed by atoms with Crippen LogP contribution in [0.1, 0.15) is 222 Å². The van der Waals surface area contributed by atoms with Gasteiger partial charge in [-0.15, -0.1) is 0 Å². The Bertz CT molecular complexity index is 3310. The molecule has 0 radical (unpaired) electrons. The Hall–Kier alpha value is -3.75. The zero-order valence-corrected chi connectivity index (χ0v) is 52.8. The maximum absolute atomic E-state index is 7.84. The van der Waals surface area contributed by atoms with E-state index in [0.717, 1.165) is 18.7 Å². The molecule has 1 aromatic heterocycles. The summed E-state index contributed by atoms with van der Waals surface area (Å²) in [5.41, 5.74) is 24.6. The van der Waals surface area contributed by atoms with Gasteiger partial charge in [0, 0.05) is 0 Å². The van der Waals surface area contributed by atoms with Crippen LogP contribution >= 0.6 is 0 Å². The van der Waals surface area contributed by atoms with Crippen LogP contribution in [0.5, 0.6) is 0 Å². The molecule has 4 aliphatic carbocycles. The Morgan fingerprint density at radius 1 is 0.520 bits per heavy atom. The molecule has 3 aliphatic heterocycles. The maximum atomic E-state index is 7.84. The second kappa shape index (κ2) is 16.6. The Labute approximate surface area is 466 Å². The summed E-state index contributed by atoms with van der Waals surface area (Å²) in [4.78, 5) is 5.51. The number of hydrogen-bond donors (Lipinski definition) is 0. The van der Waals surface area contributed by atoms with Crippen molar-refractivity contribution < 1.29 is 25.6 Å². The number of halogens is 1. The van der Waals surface area contributed by atoms with Gasteiger partial charge in [-0.1, -0.05) is 27.7 Å². The fraction of sp³-hybridized carbons (Fsp3) is 0.536. The zero-order valence-electron chi connectivity index (χ0n) is 49.6. The Morgan fingerprint density at radius 2 is 1.01 bits per heavy atom. The minimum absolute atomic E-state index is 0.00370. The summed E-state index contributed by atoms with van der Waals surface area (Å²) >= 11 is -0.215. The molecule has 0 fully saturated rings. The van der Waals surface area contributed by atoms with Crippen LogP contribution in [-0.2, 0) is 43.3 Å². The van der Waals surface area contributed by atoms with Crippen LogP contribution in [0, 0.1) is 6.92 Å². The normalized spacial score (nSPS) is 24.2. The van der Waals surface area contributed by atoms with Crippen LogP contribution in [0.2, 0.25) is 13.1 Å². The van der Waals surface area contributed by atoms with Gasteiger partial charge in [0.05, 0.1) is 0 Å². The van der Waals surface area contributed by atoms with E-state index in [1.807, 2.05) is 0 Å². The molecule has 0 spiro atoms. The van der Waals surface area contributed by atoms with Crippen molar-refractivity contribution in [1.82, 2.24) is 0 Å². The van der Waals surface area contributed by atoms with Crippen LogP contribution in [-0.4, -0.2) is 19.9 Å². The summed E-state index contributed by atoms with van der Waals surface area (Å²) in [5.74, 6) is 2.25. The molecule has 0 amide bonds. The van der Waals surface area contributed by atoms with Crippen molar-refractivity contribution in [2.75, 3.05) is 14.2 Å². The number of anilines is 6. The van der Waals surface area contributed by atoms with E-state index in [4.69, 9.17) is 4.42 Å². The van der Waals surface area contributed by atoms with Crippen molar-refractivity contribution in [2.24, 2.45) is 0 Å². The first-order valence-corrected chi connectivity index (χ1v) is 34.3. The van der Waals surface area contributed by atoms with E-state index >= 15 is 0 Å². The fourth-order valence-corrected chi connectivity index (χ4v) is 19.5. The molecule has 5 aromatic rings. The van der Waals surface area contributed by atoms with E-state index in [1.165, 1.54) is 132 Å². The molecule has 394 valence electrons. The van der Waals surface area contributed by atoms with Gasteiger partial charge in [0.25, 0.3) is 0 Å². The molecule has 3 nitrogen and oxygen atoms in total. The van der Waals surface area contributed by atoms with Crippen molar-refractivity contribution in [2.45, 2.75) is 229 Å². The molecule has 1 unspecified atom stereocenters. The number of fused-ring (bicyclic) bond motifs is 9. The van der Waals surface area contributed by atoms with Crippen LogP contribution < -0.4 is 47.4 Å². The number of rotatable bonds is 4. The van der Waals surface area contributed by atoms with E-state index in [1.54, 1.807) is 16.3 Å². The van der Waals surface area contributed by atoms with Crippen molar-refractivity contribution >= 4 is 66.2 Å². The molecule has 7 aliphatic rings. The standard InChI is InChI=1S/C69H88BIN2OSi/c1-41-34-55-58-56(35-41)73(53-39-49-47(64(6,7)27-29-66(49,10)11)37-44(53)52-23-21-43(75(18)19)24-33-71-52)54-40-50-48(65(8,9)28-30-67(50,12)13)38-51(54)70(58)59-57-60(69(16,17)32-31-68(57,14)15)74-61(59)72(55)42-20-22-45-46(36-42)63(4,5)26-25-62(45,2)3/h20-24,34-40,52H,25-33H2,1-19H3. The number of nitrogens with zero attached hydrogens (tertiary/aromatic N) is 2. The van der Waals surface area contributed by atoms with E-state index in [9.17, 15) is 0 Å². The van der Waals surface area contributed by atoms with Crippen molar-refractivity contribution in [1.29, 1.82) is 0 Å². The molecular weight excluding hydrogens is 1040 g/mol. The summed E-state index contributed by atoms with van der Waals surface area (Å²) in [5, 5.41) is 1.60. The molecule has 0 bridgehead atoms. The number of allylic oxidation sites excluding steroid dienone is 4. The fourth-order valence-electron chi connectivity index (χ4n) is 15.4. The molecule has 4 heterocycles. The number of alkyl halides is 2. The van der Waals surface area contributed by atoms with Crippen molar-refractivity contribution in [3.8, 4) is 0 Å². The second-order valence-electron chi connectivity index (χ2n) is 30.3. The van der Waals surface area contributed by atoms with Gasteiger partial charge in [0.2, 0.25) is 0 Å².